The number of fused-ring (bicyclic) bond motifs is 1. The minimum Gasteiger partial charge on any atom is -0.598 e. The molecule has 19 heavy (non-hydrogen) atoms. The zero-order valence-corrected chi connectivity index (χ0v) is 13.0. The molecule has 0 saturated carbocycles. The van der Waals surface area contributed by atoms with Gasteiger partial charge in [0.25, 0.3) is 0 Å². The van der Waals surface area contributed by atoms with E-state index in [2.05, 4.69) is 39.8 Å². The minimum atomic E-state index is -1.05. The largest absolute Gasteiger partial charge is 0.598 e. The minimum absolute atomic E-state index is 0.0689. The van der Waals surface area contributed by atoms with Gasteiger partial charge in [0, 0.05) is 30.1 Å². The normalized spacial score (nSPS) is 15.7. The van der Waals surface area contributed by atoms with Gasteiger partial charge in [-0.15, -0.1) is 4.72 Å². The molecule has 1 unspecified atom stereocenters. The van der Waals surface area contributed by atoms with E-state index in [4.69, 9.17) is 0 Å². The van der Waals surface area contributed by atoms with Gasteiger partial charge < -0.3 is 9.12 Å². The van der Waals surface area contributed by atoms with Gasteiger partial charge in [-0.3, -0.25) is 0 Å². The van der Waals surface area contributed by atoms with Gasteiger partial charge in [0.05, 0.1) is 6.04 Å². The van der Waals surface area contributed by atoms with Crippen LogP contribution in [0.25, 0.3) is 10.9 Å². The van der Waals surface area contributed by atoms with Crippen LogP contribution in [0.2, 0.25) is 0 Å². The lowest BCUT2D eigenvalue weighted by atomic mass is 10.1. The Morgan fingerprint density at radius 3 is 2.58 bits per heavy atom. The Morgan fingerprint density at radius 2 is 1.95 bits per heavy atom. The van der Waals surface area contributed by atoms with Gasteiger partial charge in [-0.25, -0.2) is 0 Å². The number of benzene rings is 1. The van der Waals surface area contributed by atoms with Crippen LogP contribution in [0.4, 0.5) is 0 Å². The van der Waals surface area contributed by atoms with Gasteiger partial charge in [-0.2, -0.15) is 0 Å². The highest BCUT2D eigenvalue weighted by atomic mass is 32.2. The maximum Gasteiger partial charge on any atom is 0.136 e. The second-order valence-corrected chi connectivity index (χ2v) is 7.96. The maximum atomic E-state index is 12.1. The molecule has 0 saturated heterocycles. The zero-order valence-electron chi connectivity index (χ0n) is 12.2. The van der Waals surface area contributed by atoms with Gasteiger partial charge >= 0.3 is 0 Å². The van der Waals surface area contributed by atoms with Crippen LogP contribution < -0.4 is 4.72 Å². The van der Waals surface area contributed by atoms with Gasteiger partial charge in [-0.1, -0.05) is 12.1 Å². The number of rotatable bonds is 3. The van der Waals surface area contributed by atoms with Crippen LogP contribution >= 0.6 is 0 Å². The molecule has 0 bridgehead atoms. The van der Waals surface area contributed by atoms with E-state index in [0.717, 1.165) is 5.56 Å². The fourth-order valence-electron chi connectivity index (χ4n) is 1.95. The molecule has 1 aromatic heterocycles. The van der Waals surface area contributed by atoms with Crippen molar-refractivity contribution in [3.8, 4) is 0 Å². The fraction of sp³-hybridized carbons (Fsp3) is 0.467. The molecule has 0 fully saturated rings. The van der Waals surface area contributed by atoms with Crippen LogP contribution in [-0.2, 0) is 18.4 Å². The molecule has 0 spiro atoms. The monoisotopic (exact) mass is 278 g/mol. The van der Waals surface area contributed by atoms with Crippen LogP contribution in [0.1, 0.15) is 39.3 Å². The summed E-state index contributed by atoms with van der Waals surface area (Å²) in [5.74, 6) is 0. The molecule has 2 atom stereocenters. The van der Waals surface area contributed by atoms with Gasteiger partial charge in [0.1, 0.15) is 4.75 Å². The van der Waals surface area contributed by atoms with Gasteiger partial charge in [-0.05, 0) is 50.8 Å². The molecule has 1 aromatic carbocycles. The molecule has 1 heterocycles. The topological polar surface area (TPSA) is 40.0 Å². The van der Waals surface area contributed by atoms with Crippen LogP contribution in [0, 0.1) is 0 Å². The van der Waals surface area contributed by atoms with E-state index in [1.807, 2.05) is 34.7 Å². The van der Waals surface area contributed by atoms with Crippen molar-refractivity contribution in [1.29, 1.82) is 0 Å². The predicted molar refractivity (Wildman–Crippen MR) is 82.4 cm³/mol. The van der Waals surface area contributed by atoms with E-state index < -0.39 is 11.4 Å². The van der Waals surface area contributed by atoms with Crippen LogP contribution in [0.3, 0.4) is 0 Å². The first-order valence-corrected chi connectivity index (χ1v) is 7.67. The molecule has 0 aliphatic carbocycles. The number of hydrogen-bond acceptors (Lipinski definition) is 2. The number of aryl methyl sites for hydroxylation is 1. The molecular weight excluding hydrogens is 256 g/mol. The van der Waals surface area contributed by atoms with Gasteiger partial charge in [0.15, 0.2) is 0 Å². The van der Waals surface area contributed by atoms with E-state index in [0.29, 0.717) is 0 Å². The molecule has 0 aliphatic heterocycles. The first kappa shape index (κ1) is 14.4. The van der Waals surface area contributed by atoms with E-state index in [1.165, 1.54) is 10.9 Å². The second-order valence-electron chi connectivity index (χ2n) is 5.97. The van der Waals surface area contributed by atoms with Crippen molar-refractivity contribution in [2.45, 2.75) is 38.5 Å². The first-order chi connectivity index (χ1) is 8.79. The van der Waals surface area contributed by atoms with Gasteiger partial charge in [0.2, 0.25) is 0 Å². The lowest BCUT2D eigenvalue weighted by molar-refractivity contribution is 0.531. The summed E-state index contributed by atoms with van der Waals surface area (Å²) in [7, 11) is 2.04. The Balaban J connectivity index is 2.21. The third-order valence-electron chi connectivity index (χ3n) is 3.25. The first-order valence-electron chi connectivity index (χ1n) is 6.52. The predicted octanol–water partition coefficient (Wildman–Crippen LogP) is 3.29. The highest BCUT2D eigenvalue weighted by Crippen LogP contribution is 2.23. The Labute approximate surface area is 118 Å². The van der Waals surface area contributed by atoms with Crippen molar-refractivity contribution in [1.82, 2.24) is 9.29 Å². The highest BCUT2D eigenvalue weighted by molar-refractivity contribution is 7.90. The number of aromatic nitrogens is 1. The average Bonchev–Trinajstić information content (AvgIpc) is 2.69. The summed E-state index contributed by atoms with van der Waals surface area (Å²) in [5, 5.41) is 1.23. The Hall–Kier alpha value is -0.970. The van der Waals surface area contributed by atoms with Crippen molar-refractivity contribution in [2.75, 3.05) is 0 Å². The smallest absolute Gasteiger partial charge is 0.136 e. The third kappa shape index (κ3) is 3.14. The van der Waals surface area contributed by atoms with Crippen LogP contribution in [0.15, 0.2) is 30.5 Å². The molecule has 2 aromatic rings. The summed E-state index contributed by atoms with van der Waals surface area (Å²) >= 11 is -1.05. The van der Waals surface area contributed by atoms with Crippen LogP contribution in [0.5, 0.6) is 0 Å². The molecule has 3 nitrogen and oxygen atoms in total. The summed E-state index contributed by atoms with van der Waals surface area (Å²) in [6, 6.07) is 8.54. The van der Waals surface area contributed by atoms with Crippen LogP contribution in [-0.4, -0.2) is 13.9 Å². The van der Waals surface area contributed by atoms with Crippen molar-refractivity contribution in [3.05, 3.63) is 36.0 Å². The summed E-state index contributed by atoms with van der Waals surface area (Å²) in [6.07, 6.45) is 2.06. The van der Waals surface area contributed by atoms with Crippen molar-refractivity contribution < 1.29 is 4.55 Å². The molecule has 104 valence electrons. The van der Waals surface area contributed by atoms with E-state index in [1.54, 1.807) is 0 Å². The quantitative estimate of drug-likeness (QED) is 0.875. The summed E-state index contributed by atoms with van der Waals surface area (Å²) in [5.41, 5.74) is 2.36. The molecule has 1 N–H and O–H groups in total. The van der Waals surface area contributed by atoms with E-state index in [-0.39, 0.29) is 10.8 Å². The molecule has 0 amide bonds. The molecule has 2 rings (SSSR count). The van der Waals surface area contributed by atoms with Crippen molar-refractivity contribution in [2.24, 2.45) is 7.05 Å². The maximum absolute atomic E-state index is 12.1. The summed E-state index contributed by atoms with van der Waals surface area (Å²) in [6.45, 7) is 7.98. The highest BCUT2D eigenvalue weighted by Gasteiger charge is 2.28. The van der Waals surface area contributed by atoms with E-state index in [9.17, 15) is 4.55 Å². The summed E-state index contributed by atoms with van der Waals surface area (Å²) < 4.78 is 17.2. The standard InChI is InChI=1S/C15H22N2OS/c1-11(16-19(18)15(2,3)4)13-7-6-12-8-9-17(5)14(12)10-13/h6-11,16H,1-5H3/t11?,19-/m0/s1. The third-order valence-corrected chi connectivity index (χ3v) is 4.93. The lowest BCUT2D eigenvalue weighted by Gasteiger charge is -2.26. The van der Waals surface area contributed by atoms with Crippen molar-refractivity contribution >= 4 is 22.3 Å². The Morgan fingerprint density at radius 1 is 1.26 bits per heavy atom. The second kappa shape index (κ2) is 5.19. The number of hydrogen-bond donors (Lipinski definition) is 1. The summed E-state index contributed by atoms with van der Waals surface area (Å²) in [4.78, 5) is 0. The number of nitrogens with zero attached hydrogens (tertiary/aromatic N) is 1. The zero-order chi connectivity index (χ0) is 14.2. The Kier molecular flexibility index (Phi) is 3.95. The molecular formula is C15H22N2OS. The van der Waals surface area contributed by atoms with Crippen molar-refractivity contribution in [3.63, 3.8) is 0 Å². The van der Waals surface area contributed by atoms with E-state index >= 15 is 0 Å². The Bertz CT molecular complexity index is 571. The SMILES string of the molecule is CC(N[S@@+]([O-])C(C)(C)C)c1ccc2ccn(C)c2c1. The molecule has 4 heteroatoms. The lowest BCUT2D eigenvalue weighted by Crippen LogP contribution is -2.40. The average molecular weight is 278 g/mol. The number of nitrogens with one attached hydrogen (secondary N) is 1. The molecule has 0 aliphatic rings. The molecule has 0 radical (unpaired) electrons. The fourth-order valence-corrected chi connectivity index (χ4v) is 2.76.